The van der Waals surface area contributed by atoms with Gasteiger partial charge in [0.1, 0.15) is 11.6 Å². The van der Waals surface area contributed by atoms with Crippen molar-refractivity contribution in [3.05, 3.63) is 42.0 Å². The van der Waals surface area contributed by atoms with E-state index < -0.39 is 0 Å². The molecule has 202 valence electrons. The van der Waals surface area contributed by atoms with Crippen molar-refractivity contribution in [1.29, 1.82) is 0 Å². The third-order valence-corrected chi connectivity index (χ3v) is 7.33. The second-order valence-electron chi connectivity index (χ2n) is 9.74. The molecule has 0 unspecified atom stereocenters. The summed E-state index contributed by atoms with van der Waals surface area (Å²) in [5.74, 6) is 3.93. The number of methoxy groups -OCH3 is 2. The standard InChI is InChI=1S/C29H37N5O4/c1-4-38-22-10-8-21(9-11-22)18-27(35)32-14-16-34(17-15-32)29-30-24-20-26(37-3)25(36-2)19-23(24)28(31-29)33-12-6-5-7-13-33/h8-11,19-20H,4-7,12-18H2,1-3H3. The molecule has 3 heterocycles. The van der Waals surface area contributed by atoms with Gasteiger partial charge in [0.15, 0.2) is 11.5 Å². The van der Waals surface area contributed by atoms with Gasteiger partial charge in [-0.15, -0.1) is 0 Å². The number of piperazine rings is 1. The maximum atomic E-state index is 13.0. The van der Waals surface area contributed by atoms with Gasteiger partial charge >= 0.3 is 0 Å². The number of amides is 1. The fraction of sp³-hybridized carbons (Fsp3) is 0.483. The Bertz CT molecular complexity index is 1250. The van der Waals surface area contributed by atoms with Crippen LogP contribution in [0.2, 0.25) is 0 Å². The molecule has 9 nitrogen and oxygen atoms in total. The molecule has 0 N–H and O–H groups in total. The average molecular weight is 520 g/mol. The largest absolute Gasteiger partial charge is 0.494 e. The number of benzene rings is 2. The van der Waals surface area contributed by atoms with Crippen molar-refractivity contribution in [2.45, 2.75) is 32.6 Å². The van der Waals surface area contributed by atoms with E-state index >= 15 is 0 Å². The van der Waals surface area contributed by atoms with Crippen LogP contribution in [0, 0.1) is 0 Å². The van der Waals surface area contributed by atoms with E-state index in [2.05, 4.69) is 9.80 Å². The third-order valence-electron chi connectivity index (χ3n) is 7.33. The molecule has 9 heteroatoms. The van der Waals surface area contributed by atoms with Gasteiger partial charge in [0, 0.05) is 50.7 Å². The summed E-state index contributed by atoms with van der Waals surface area (Å²) in [6.45, 7) is 7.21. The summed E-state index contributed by atoms with van der Waals surface area (Å²) in [5, 5.41) is 0.970. The van der Waals surface area contributed by atoms with E-state index in [-0.39, 0.29) is 5.91 Å². The monoisotopic (exact) mass is 519 g/mol. The highest BCUT2D eigenvalue weighted by atomic mass is 16.5. The van der Waals surface area contributed by atoms with Crippen molar-refractivity contribution < 1.29 is 19.0 Å². The maximum Gasteiger partial charge on any atom is 0.228 e. The Morgan fingerprint density at radius 3 is 2.18 bits per heavy atom. The summed E-state index contributed by atoms with van der Waals surface area (Å²) in [5.41, 5.74) is 1.83. The Labute approximate surface area is 224 Å². The lowest BCUT2D eigenvalue weighted by molar-refractivity contribution is -0.130. The van der Waals surface area contributed by atoms with Crippen LogP contribution in [0.25, 0.3) is 10.9 Å². The van der Waals surface area contributed by atoms with E-state index in [1.165, 1.54) is 6.42 Å². The number of rotatable bonds is 8. The number of anilines is 2. The molecule has 2 aliphatic rings. The van der Waals surface area contributed by atoms with E-state index in [4.69, 9.17) is 24.2 Å². The number of aromatic nitrogens is 2. The molecule has 0 bridgehead atoms. The number of carbonyl (C=O) groups is 1. The fourth-order valence-electron chi connectivity index (χ4n) is 5.23. The SMILES string of the molecule is CCOc1ccc(CC(=O)N2CCN(c3nc(N4CCCCC4)c4cc(OC)c(OC)cc4n3)CC2)cc1. The van der Waals surface area contributed by atoms with E-state index in [1.54, 1.807) is 14.2 Å². The molecular weight excluding hydrogens is 482 g/mol. The van der Waals surface area contributed by atoms with Gasteiger partial charge in [0.25, 0.3) is 0 Å². The second kappa shape index (κ2) is 11.8. The summed E-state index contributed by atoms with van der Waals surface area (Å²) in [6.07, 6.45) is 3.95. The van der Waals surface area contributed by atoms with E-state index in [0.29, 0.717) is 56.7 Å². The zero-order valence-corrected chi connectivity index (χ0v) is 22.6. The normalized spacial score (nSPS) is 16.0. The summed E-state index contributed by atoms with van der Waals surface area (Å²) >= 11 is 0. The van der Waals surface area contributed by atoms with Crippen LogP contribution in [-0.2, 0) is 11.2 Å². The number of hydrogen-bond donors (Lipinski definition) is 0. The van der Waals surface area contributed by atoms with E-state index in [1.807, 2.05) is 48.2 Å². The molecule has 1 aromatic heterocycles. The number of carbonyl (C=O) groups excluding carboxylic acids is 1. The predicted octanol–water partition coefficient (Wildman–Crippen LogP) is 3.93. The minimum atomic E-state index is 0.138. The van der Waals surface area contributed by atoms with E-state index in [0.717, 1.165) is 54.0 Å². The Hall–Kier alpha value is -3.75. The van der Waals surface area contributed by atoms with Gasteiger partial charge in [0.05, 0.1) is 32.8 Å². The molecule has 2 aliphatic heterocycles. The summed E-state index contributed by atoms with van der Waals surface area (Å²) in [4.78, 5) is 29.5. The van der Waals surface area contributed by atoms with Crippen LogP contribution in [0.1, 0.15) is 31.7 Å². The first kappa shape index (κ1) is 25.9. The molecule has 0 atom stereocenters. The molecule has 1 amide bonds. The van der Waals surface area contributed by atoms with Crippen molar-refractivity contribution in [2.75, 3.05) is 69.9 Å². The fourth-order valence-corrected chi connectivity index (χ4v) is 5.23. The molecule has 2 aromatic carbocycles. The first-order valence-electron chi connectivity index (χ1n) is 13.5. The van der Waals surface area contributed by atoms with Gasteiger partial charge in [-0.3, -0.25) is 4.79 Å². The number of hydrogen-bond acceptors (Lipinski definition) is 8. The van der Waals surface area contributed by atoms with Crippen molar-refractivity contribution in [3.8, 4) is 17.2 Å². The Morgan fingerprint density at radius 1 is 0.842 bits per heavy atom. The molecule has 38 heavy (non-hydrogen) atoms. The highest BCUT2D eigenvalue weighted by molar-refractivity contribution is 5.93. The quantitative estimate of drug-likeness (QED) is 0.443. The lowest BCUT2D eigenvalue weighted by Crippen LogP contribution is -2.49. The van der Waals surface area contributed by atoms with Gasteiger partial charge in [0.2, 0.25) is 11.9 Å². The van der Waals surface area contributed by atoms with Crippen LogP contribution in [0.15, 0.2) is 36.4 Å². The molecule has 0 saturated carbocycles. The van der Waals surface area contributed by atoms with Crippen LogP contribution >= 0.6 is 0 Å². The Balaban J connectivity index is 1.33. The summed E-state index contributed by atoms with van der Waals surface area (Å²) in [6, 6.07) is 11.7. The molecule has 3 aromatic rings. The third kappa shape index (κ3) is 5.56. The van der Waals surface area contributed by atoms with Crippen LogP contribution in [0.4, 0.5) is 11.8 Å². The van der Waals surface area contributed by atoms with Crippen molar-refractivity contribution in [3.63, 3.8) is 0 Å². The van der Waals surface area contributed by atoms with Crippen LogP contribution < -0.4 is 24.0 Å². The molecular formula is C29H37N5O4. The predicted molar refractivity (Wildman–Crippen MR) is 149 cm³/mol. The number of piperidine rings is 1. The van der Waals surface area contributed by atoms with Crippen molar-refractivity contribution in [1.82, 2.24) is 14.9 Å². The Kier molecular flexibility index (Phi) is 8.00. The molecule has 0 aliphatic carbocycles. The van der Waals surface area contributed by atoms with Gasteiger partial charge in [-0.1, -0.05) is 12.1 Å². The lowest BCUT2D eigenvalue weighted by atomic mass is 10.1. The van der Waals surface area contributed by atoms with Crippen LogP contribution in [0.3, 0.4) is 0 Å². The lowest BCUT2D eigenvalue weighted by Gasteiger charge is -2.36. The minimum absolute atomic E-state index is 0.138. The zero-order chi connectivity index (χ0) is 26.5. The second-order valence-corrected chi connectivity index (χ2v) is 9.74. The van der Waals surface area contributed by atoms with Gasteiger partial charge < -0.3 is 28.9 Å². The highest BCUT2D eigenvalue weighted by Crippen LogP contribution is 2.37. The Morgan fingerprint density at radius 2 is 1.53 bits per heavy atom. The minimum Gasteiger partial charge on any atom is -0.494 e. The van der Waals surface area contributed by atoms with Crippen molar-refractivity contribution >= 4 is 28.6 Å². The summed E-state index contributed by atoms with van der Waals surface area (Å²) < 4.78 is 16.6. The maximum absolute atomic E-state index is 13.0. The first-order valence-corrected chi connectivity index (χ1v) is 13.5. The molecule has 2 saturated heterocycles. The zero-order valence-electron chi connectivity index (χ0n) is 22.6. The van der Waals surface area contributed by atoms with Crippen molar-refractivity contribution in [2.24, 2.45) is 0 Å². The number of fused-ring (bicyclic) bond motifs is 1. The first-order chi connectivity index (χ1) is 18.6. The number of nitrogens with zero attached hydrogens (tertiary/aromatic N) is 5. The number of ether oxygens (including phenoxy) is 3. The van der Waals surface area contributed by atoms with Gasteiger partial charge in [-0.25, -0.2) is 4.98 Å². The van der Waals surface area contributed by atoms with Crippen LogP contribution in [0.5, 0.6) is 17.2 Å². The van der Waals surface area contributed by atoms with E-state index in [9.17, 15) is 4.79 Å². The molecule has 5 rings (SSSR count). The van der Waals surface area contributed by atoms with Crippen LogP contribution in [-0.4, -0.2) is 80.9 Å². The molecule has 2 fully saturated rings. The summed E-state index contributed by atoms with van der Waals surface area (Å²) in [7, 11) is 3.29. The topological polar surface area (TPSA) is 80.3 Å². The average Bonchev–Trinajstić information content (AvgIpc) is 2.97. The van der Waals surface area contributed by atoms with Gasteiger partial charge in [-0.05, 0) is 49.9 Å². The molecule has 0 radical (unpaired) electrons. The highest BCUT2D eigenvalue weighted by Gasteiger charge is 2.25. The molecule has 0 spiro atoms. The smallest absolute Gasteiger partial charge is 0.228 e. The van der Waals surface area contributed by atoms with Gasteiger partial charge in [-0.2, -0.15) is 4.98 Å².